The minimum Gasteiger partial charge on any atom is -0.386 e. The van der Waals surface area contributed by atoms with Crippen LogP contribution in [0.25, 0.3) is 0 Å². The summed E-state index contributed by atoms with van der Waals surface area (Å²) in [6, 6.07) is 14.9. The number of benzene rings is 2. The number of nitrogens with zero attached hydrogens (tertiary/aromatic N) is 1. The van der Waals surface area contributed by atoms with Crippen molar-refractivity contribution in [3.05, 3.63) is 59.2 Å². The molecule has 0 saturated carbocycles. The highest BCUT2D eigenvalue weighted by Gasteiger charge is 2.10. The zero-order valence-electron chi connectivity index (χ0n) is 14.3. The molecule has 0 aliphatic carbocycles. The van der Waals surface area contributed by atoms with E-state index >= 15 is 0 Å². The molecule has 2 rings (SSSR count). The Hall–Kier alpha value is -2.53. The molecule has 5 heteroatoms. The Morgan fingerprint density at radius 2 is 1.70 bits per heavy atom. The van der Waals surface area contributed by atoms with Gasteiger partial charge in [-0.15, -0.1) is 0 Å². The van der Waals surface area contributed by atoms with Crippen LogP contribution in [0.1, 0.15) is 16.7 Å². The lowest BCUT2D eigenvalue weighted by Crippen LogP contribution is -2.19. The average molecular weight is 314 g/mol. The number of nitrogens with one attached hydrogen (secondary N) is 2. The lowest BCUT2D eigenvalue weighted by atomic mass is 10.1. The molecule has 0 atom stereocenters. The van der Waals surface area contributed by atoms with Gasteiger partial charge in [-0.25, -0.2) is 5.84 Å². The van der Waals surface area contributed by atoms with E-state index in [1.807, 2.05) is 7.05 Å². The Labute approximate surface area is 138 Å². The number of hydrogen-bond acceptors (Lipinski definition) is 4. The van der Waals surface area contributed by atoms with E-state index in [9.17, 15) is 0 Å². The zero-order chi connectivity index (χ0) is 17.2. The fraction of sp³-hybridized carbons (Fsp3) is 0.278. The van der Waals surface area contributed by atoms with Crippen molar-refractivity contribution in [1.82, 2.24) is 5.43 Å². The van der Waals surface area contributed by atoms with Crippen molar-refractivity contribution in [2.24, 2.45) is 5.84 Å². The molecule has 0 bridgehead atoms. The van der Waals surface area contributed by atoms with Crippen LogP contribution >= 0.6 is 0 Å². The van der Waals surface area contributed by atoms with E-state index < -0.39 is 0 Å². The number of aryl methyl sites for hydroxylation is 2. The van der Waals surface area contributed by atoms with E-state index in [0.29, 0.717) is 6.41 Å². The third-order valence-electron chi connectivity index (χ3n) is 3.63. The van der Waals surface area contributed by atoms with Crippen LogP contribution in [0, 0.1) is 13.8 Å². The molecule has 124 valence electrons. The van der Waals surface area contributed by atoms with Crippen molar-refractivity contribution in [2.45, 2.75) is 20.4 Å². The molecule has 0 radical (unpaired) electrons. The van der Waals surface area contributed by atoms with Gasteiger partial charge in [-0.3, -0.25) is 10.2 Å². The van der Waals surface area contributed by atoms with Crippen LogP contribution in [0.15, 0.2) is 42.5 Å². The van der Waals surface area contributed by atoms with Gasteiger partial charge in [-0.1, -0.05) is 36.4 Å². The number of para-hydroxylation sites is 1. The number of hydrazine groups is 1. The quantitative estimate of drug-likeness (QED) is 0.343. The van der Waals surface area contributed by atoms with E-state index in [0.717, 1.165) is 6.54 Å². The molecular formula is C18H26N4O. The van der Waals surface area contributed by atoms with E-state index in [1.165, 1.54) is 28.1 Å². The maximum Gasteiger partial charge on any atom is 0.221 e. The smallest absolute Gasteiger partial charge is 0.221 e. The summed E-state index contributed by atoms with van der Waals surface area (Å²) in [7, 11) is 4.12. The Morgan fingerprint density at radius 1 is 1.09 bits per heavy atom. The lowest BCUT2D eigenvalue weighted by molar-refractivity contribution is -0.109. The average Bonchev–Trinajstić information content (AvgIpc) is 2.56. The molecule has 0 aromatic heterocycles. The number of amides is 1. The summed E-state index contributed by atoms with van der Waals surface area (Å²) in [6.07, 6.45) is 0.403. The Balaban J connectivity index is 0.000000593. The van der Waals surface area contributed by atoms with Crippen LogP contribution in [0.3, 0.4) is 0 Å². The van der Waals surface area contributed by atoms with Gasteiger partial charge in [-0.05, 0) is 36.6 Å². The van der Waals surface area contributed by atoms with Crippen molar-refractivity contribution in [1.29, 1.82) is 0 Å². The summed E-state index contributed by atoms with van der Waals surface area (Å²) < 4.78 is 0. The monoisotopic (exact) mass is 314 g/mol. The van der Waals surface area contributed by atoms with Gasteiger partial charge in [0.2, 0.25) is 6.41 Å². The number of rotatable bonds is 5. The predicted molar refractivity (Wildman–Crippen MR) is 97.4 cm³/mol. The Bertz CT molecular complexity index is 628. The van der Waals surface area contributed by atoms with Gasteiger partial charge in [0.25, 0.3) is 0 Å². The van der Waals surface area contributed by atoms with Crippen LogP contribution in [0.5, 0.6) is 0 Å². The van der Waals surface area contributed by atoms with Crippen molar-refractivity contribution in [3.63, 3.8) is 0 Å². The highest BCUT2D eigenvalue weighted by Crippen LogP contribution is 2.29. The molecule has 23 heavy (non-hydrogen) atoms. The summed E-state index contributed by atoms with van der Waals surface area (Å²) in [5.41, 5.74) is 8.21. The molecule has 0 spiro atoms. The first kappa shape index (κ1) is 18.5. The molecule has 0 fully saturated rings. The molecular weight excluding hydrogens is 288 g/mol. The second kappa shape index (κ2) is 9.48. The topological polar surface area (TPSA) is 70.4 Å². The van der Waals surface area contributed by atoms with Gasteiger partial charge >= 0.3 is 0 Å². The van der Waals surface area contributed by atoms with Crippen LogP contribution in [0.4, 0.5) is 11.4 Å². The number of carbonyl (C=O) groups excluding carboxylic acids is 1. The van der Waals surface area contributed by atoms with Crippen LogP contribution in [0.2, 0.25) is 0 Å². The second-order valence-electron chi connectivity index (χ2n) is 5.29. The number of anilines is 2. The minimum absolute atomic E-state index is 0.403. The Kier molecular flexibility index (Phi) is 7.63. The summed E-state index contributed by atoms with van der Waals surface area (Å²) in [5, 5.41) is 3.28. The van der Waals surface area contributed by atoms with Crippen LogP contribution in [-0.4, -0.2) is 20.5 Å². The van der Waals surface area contributed by atoms with E-state index in [-0.39, 0.29) is 0 Å². The van der Waals surface area contributed by atoms with Crippen LogP contribution in [-0.2, 0) is 11.3 Å². The molecule has 1 amide bonds. The molecule has 0 aliphatic heterocycles. The van der Waals surface area contributed by atoms with Gasteiger partial charge in [0.1, 0.15) is 0 Å². The molecule has 2 aromatic carbocycles. The number of carbonyl (C=O) groups is 1. The first-order valence-electron chi connectivity index (χ1n) is 7.48. The summed E-state index contributed by atoms with van der Waals surface area (Å²) >= 11 is 0. The van der Waals surface area contributed by atoms with Gasteiger partial charge < -0.3 is 10.2 Å². The third-order valence-corrected chi connectivity index (χ3v) is 3.63. The Morgan fingerprint density at radius 3 is 2.26 bits per heavy atom. The summed E-state index contributed by atoms with van der Waals surface area (Å²) in [6.45, 7) is 5.25. The minimum atomic E-state index is 0.403. The van der Waals surface area contributed by atoms with Gasteiger partial charge in [0, 0.05) is 20.6 Å². The van der Waals surface area contributed by atoms with Gasteiger partial charge in [-0.2, -0.15) is 0 Å². The maximum absolute atomic E-state index is 8.94. The SMILES string of the molecule is CNc1cccc(C)c1N(C)Cc1ccccc1C.NNC=O. The summed E-state index contributed by atoms with van der Waals surface area (Å²) in [5.74, 6) is 4.41. The van der Waals surface area contributed by atoms with Gasteiger partial charge in [0.15, 0.2) is 0 Å². The van der Waals surface area contributed by atoms with Crippen molar-refractivity contribution in [2.75, 3.05) is 24.3 Å². The molecule has 0 heterocycles. The fourth-order valence-electron chi connectivity index (χ4n) is 2.49. The van der Waals surface area contributed by atoms with E-state index in [2.05, 4.69) is 79.4 Å². The predicted octanol–water partition coefficient (Wildman–Crippen LogP) is 2.59. The summed E-state index contributed by atoms with van der Waals surface area (Å²) in [4.78, 5) is 11.2. The highest BCUT2D eigenvalue weighted by atomic mass is 16.1. The number of nitrogens with two attached hydrogens (primary N) is 1. The van der Waals surface area contributed by atoms with Gasteiger partial charge in [0.05, 0.1) is 11.4 Å². The molecule has 0 aliphatic rings. The van der Waals surface area contributed by atoms with Crippen molar-refractivity contribution < 1.29 is 4.79 Å². The largest absolute Gasteiger partial charge is 0.386 e. The number of hydrogen-bond donors (Lipinski definition) is 3. The first-order valence-corrected chi connectivity index (χ1v) is 7.48. The lowest BCUT2D eigenvalue weighted by Gasteiger charge is -2.25. The molecule has 4 N–H and O–H groups in total. The molecule has 0 unspecified atom stereocenters. The van der Waals surface area contributed by atoms with Crippen molar-refractivity contribution >= 4 is 17.8 Å². The standard InChI is InChI=1S/C17H22N2.CH4N2O/c1-13-8-5-6-10-15(13)12-19(4)17-14(2)9-7-11-16(17)18-3;2-3-1-4/h5-11,18H,12H2,1-4H3;1H,2H2,(H,3,4). The third kappa shape index (κ3) is 5.30. The molecule has 0 saturated heterocycles. The molecule has 2 aromatic rings. The second-order valence-corrected chi connectivity index (χ2v) is 5.29. The van der Waals surface area contributed by atoms with E-state index in [4.69, 9.17) is 4.79 Å². The maximum atomic E-state index is 8.94. The first-order chi connectivity index (χ1) is 11.0. The van der Waals surface area contributed by atoms with Crippen molar-refractivity contribution in [3.8, 4) is 0 Å². The zero-order valence-corrected chi connectivity index (χ0v) is 14.3. The molecule has 5 nitrogen and oxygen atoms in total. The fourth-order valence-corrected chi connectivity index (χ4v) is 2.49. The van der Waals surface area contributed by atoms with Crippen LogP contribution < -0.4 is 21.5 Å². The van der Waals surface area contributed by atoms with E-state index in [1.54, 1.807) is 5.43 Å². The highest BCUT2D eigenvalue weighted by molar-refractivity contribution is 5.73. The normalized spacial score (nSPS) is 9.43.